The zero-order chi connectivity index (χ0) is 33.5. The van der Waals surface area contributed by atoms with E-state index in [-0.39, 0.29) is 82.6 Å². The number of ketones is 3. The third-order valence-corrected chi connectivity index (χ3v) is 10.6. The number of phenolic OH excluding ortho intramolecular Hbond substituents is 2. The summed E-state index contributed by atoms with van der Waals surface area (Å²) < 4.78 is 30.4. The van der Waals surface area contributed by atoms with Crippen LogP contribution in [-0.2, 0) is 30.2 Å². The molecule has 0 amide bonds. The smallest absolute Gasteiger partial charge is 0.202 e. The number of hydrogen-bond acceptors (Lipinski definition) is 12. The topological polar surface area (TPSA) is 161 Å². The second kappa shape index (κ2) is 11.6. The number of ether oxygens (including phenoxy) is 5. The Bertz CT molecular complexity index is 1650. The van der Waals surface area contributed by atoms with E-state index < -0.39 is 52.8 Å². The first-order valence-electron chi connectivity index (χ1n) is 16.3. The number of aliphatic hydroxyl groups is 1. The molecule has 252 valence electrons. The van der Waals surface area contributed by atoms with Crippen LogP contribution in [0.1, 0.15) is 95.5 Å². The van der Waals surface area contributed by atoms with Crippen molar-refractivity contribution in [1.29, 1.82) is 0 Å². The molecule has 8 atom stereocenters. The fourth-order valence-corrected chi connectivity index (χ4v) is 8.45. The lowest BCUT2D eigenvalue weighted by Crippen LogP contribution is -2.54. The maximum Gasteiger partial charge on any atom is 0.202 e. The first kappa shape index (κ1) is 32.2. The molecule has 5 aliphatic rings. The fraction of sp³-hybridized carbons (Fsp3) is 0.571. The van der Waals surface area contributed by atoms with Crippen LogP contribution in [-0.4, -0.2) is 101 Å². The van der Waals surface area contributed by atoms with Gasteiger partial charge in [0.2, 0.25) is 5.78 Å². The van der Waals surface area contributed by atoms with Gasteiger partial charge in [0.1, 0.15) is 35.2 Å². The van der Waals surface area contributed by atoms with Gasteiger partial charge in [-0.1, -0.05) is 26.0 Å². The summed E-state index contributed by atoms with van der Waals surface area (Å²) in [6, 6.07) is 4.49. The zero-order valence-corrected chi connectivity index (χ0v) is 27.1. The Morgan fingerprint density at radius 1 is 1.06 bits per heavy atom. The fourth-order valence-electron chi connectivity index (χ4n) is 8.45. The van der Waals surface area contributed by atoms with Crippen LogP contribution in [0.25, 0.3) is 0 Å². The summed E-state index contributed by atoms with van der Waals surface area (Å²) in [5.74, 6) is -3.40. The number of fused-ring (bicyclic) bond motifs is 6. The van der Waals surface area contributed by atoms with E-state index in [9.17, 15) is 29.7 Å². The van der Waals surface area contributed by atoms with Crippen molar-refractivity contribution in [3.05, 3.63) is 51.6 Å². The molecule has 3 fully saturated rings. The average molecular weight is 652 g/mol. The number of phenols is 2. The SMILES string of the molecule is COc1cccc2c1C(=O)c1c(O)c3c(c(O)c1C2=O)C[C@@](O)(C(=O)C(C)C)C[C@@H]3O[C@H]1C[C@H]2[C@H](O[C@@H]3[C@@H](OC)CCCN32)[C@H](C)O1. The van der Waals surface area contributed by atoms with Crippen LogP contribution in [0.4, 0.5) is 0 Å². The zero-order valence-electron chi connectivity index (χ0n) is 27.1. The molecular formula is C35H41NO11. The highest BCUT2D eigenvalue weighted by Crippen LogP contribution is 2.53. The van der Waals surface area contributed by atoms with Gasteiger partial charge in [0.15, 0.2) is 17.9 Å². The average Bonchev–Trinajstić information content (AvgIpc) is 3.43. The van der Waals surface area contributed by atoms with Gasteiger partial charge in [0.25, 0.3) is 0 Å². The highest BCUT2D eigenvalue weighted by Gasteiger charge is 2.55. The maximum absolute atomic E-state index is 14.0. The highest BCUT2D eigenvalue weighted by atomic mass is 16.7. The minimum absolute atomic E-state index is 0.0123. The van der Waals surface area contributed by atoms with E-state index in [4.69, 9.17) is 23.7 Å². The molecule has 2 aromatic carbocycles. The van der Waals surface area contributed by atoms with E-state index >= 15 is 0 Å². The first-order chi connectivity index (χ1) is 22.4. The Kier molecular flexibility index (Phi) is 7.97. The Balaban J connectivity index is 1.30. The molecule has 47 heavy (non-hydrogen) atoms. The molecule has 3 N–H and O–H groups in total. The van der Waals surface area contributed by atoms with Crippen LogP contribution in [0, 0.1) is 5.92 Å². The quantitative estimate of drug-likeness (QED) is 0.335. The molecule has 12 heteroatoms. The Morgan fingerprint density at radius 3 is 2.51 bits per heavy atom. The number of Topliss-reactive ketones (excluding diaryl/α,β-unsaturated/α-hetero) is 1. The lowest BCUT2D eigenvalue weighted by atomic mass is 9.70. The molecule has 2 aromatic rings. The summed E-state index contributed by atoms with van der Waals surface area (Å²) in [4.78, 5) is 43.5. The number of rotatable bonds is 6. The maximum atomic E-state index is 14.0. The molecule has 3 saturated heterocycles. The van der Waals surface area contributed by atoms with Gasteiger partial charge in [-0.3, -0.25) is 19.3 Å². The summed E-state index contributed by atoms with van der Waals surface area (Å²) in [5.41, 5.74) is -2.74. The van der Waals surface area contributed by atoms with Gasteiger partial charge in [-0.25, -0.2) is 0 Å². The van der Waals surface area contributed by atoms with Crippen molar-refractivity contribution >= 4 is 17.3 Å². The Morgan fingerprint density at radius 2 is 1.81 bits per heavy atom. The lowest BCUT2D eigenvalue weighted by molar-refractivity contribution is -0.248. The summed E-state index contributed by atoms with van der Waals surface area (Å²) in [6.45, 7) is 6.05. The standard InChI is InChI=1S/C35H41NO11/c1-15(2)33(41)35(42)13-18-25(31(40)27-26(29(18)38)28(37)17-8-6-9-20(43-4)24(17)30(27)39)22(14-35)46-23-12-19-32(16(3)45-23)47-34-21(44-5)10-7-11-36(19)34/h6,8-9,15-16,19,21-23,32,34,38,40,42H,7,10-14H2,1-5H3/t16-,19-,21-,22-,23-,32+,34+,35-/m0/s1. The molecule has 0 unspecified atom stereocenters. The minimum Gasteiger partial charge on any atom is -0.507 e. The minimum atomic E-state index is -1.99. The molecule has 0 bridgehead atoms. The third-order valence-electron chi connectivity index (χ3n) is 10.6. The number of carbonyl (C=O) groups is 3. The van der Waals surface area contributed by atoms with Crippen molar-refractivity contribution in [3.63, 3.8) is 0 Å². The van der Waals surface area contributed by atoms with Crippen LogP contribution in [0.15, 0.2) is 18.2 Å². The molecule has 0 spiro atoms. The molecule has 2 aliphatic carbocycles. The molecule has 0 aromatic heterocycles. The number of methoxy groups -OCH3 is 2. The van der Waals surface area contributed by atoms with Crippen LogP contribution < -0.4 is 4.74 Å². The molecule has 3 aliphatic heterocycles. The van der Waals surface area contributed by atoms with E-state index in [2.05, 4.69) is 4.90 Å². The van der Waals surface area contributed by atoms with Crippen molar-refractivity contribution in [2.24, 2.45) is 5.92 Å². The van der Waals surface area contributed by atoms with E-state index in [1.165, 1.54) is 19.2 Å². The van der Waals surface area contributed by atoms with Crippen LogP contribution in [0.5, 0.6) is 17.2 Å². The van der Waals surface area contributed by atoms with E-state index in [1.807, 2.05) is 6.92 Å². The molecular weight excluding hydrogens is 610 g/mol. The number of hydrogen-bond donors (Lipinski definition) is 3. The van der Waals surface area contributed by atoms with Gasteiger partial charge >= 0.3 is 0 Å². The van der Waals surface area contributed by atoms with E-state index in [1.54, 1.807) is 27.0 Å². The highest BCUT2D eigenvalue weighted by molar-refractivity contribution is 6.31. The summed E-state index contributed by atoms with van der Waals surface area (Å²) in [5, 5.41) is 35.4. The summed E-state index contributed by atoms with van der Waals surface area (Å²) >= 11 is 0. The van der Waals surface area contributed by atoms with Crippen molar-refractivity contribution in [3.8, 4) is 17.2 Å². The van der Waals surface area contributed by atoms with Crippen LogP contribution in [0.3, 0.4) is 0 Å². The second-order valence-electron chi connectivity index (χ2n) is 13.7. The molecule has 3 heterocycles. The van der Waals surface area contributed by atoms with Crippen molar-refractivity contribution in [1.82, 2.24) is 4.90 Å². The van der Waals surface area contributed by atoms with Gasteiger partial charge in [-0.05, 0) is 25.8 Å². The number of piperidine rings is 1. The molecule has 0 saturated carbocycles. The normalized spacial score (nSPS) is 33.1. The van der Waals surface area contributed by atoms with Crippen LogP contribution >= 0.6 is 0 Å². The number of aromatic hydroxyl groups is 2. The molecule has 12 nitrogen and oxygen atoms in total. The van der Waals surface area contributed by atoms with Crippen molar-refractivity contribution in [2.75, 3.05) is 20.8 Å². The number of carbonyl (C=O) groups excluding carboxylic acids is 3. The van der Waals surface area contributed by atoms with Gasteiger partial charge in [-0.2, -0.15) is 0 Å². The lowest BCUT2D eigenvalue weighted by Gasteiger charge is -2.43. The van der Waals surface area contributed by atoms with Crippen molar-refractivity contribution < 1.29 is 53.4 Å². The molecule has 0 radical (unpaired) electrons. The van der Waals surface area contributed by atoms with Gasteiger partial charge in [0, 0.05) is 61.6 Å². The van der Waals surface area contributed by atoms with Gasteiger partial charge < -0.3 is 39.0 Å². The Labute approximate surface area is 272 Å². The van der Waals surface area contributed by atoms with Gasteiger partial charge in [-0.15, -0.1) is 0 Å². The summed E-state index contributed by atoms with van der Waals surface area (Å²) in [6.07, 6.45) is -1.33. The monoisotopic (exact) mass is 651 g/mol. The largest absolute Gasteiger partial charge is 0.507 e. The van der Waals surface area contributed by atoms with Gasteiger partial charge in [0.05, 0.1) is 42.1 Å². The Hall–Kier alpha value is -3.39. The second-order valence-corrected chi connectivity index (χ2v) is 13.7. The van der Waals surface area contributed by atoms with Crippen molar-refractivity contribution in [2.45, 2.75) is 101 Å². The predicted molar refractivity (Wildman–Crippen MR) is 165 cm³/mol. The van der Waals surface area contributed by atoms with Crippen LogP contribution in [0.2, 0.25) is 0 Å². The number of benzene rings is 2. The van der Waals surface area contributed by atoms with E-state index in [0.29, 0.717) is 6.42 Å². The third kappa shape index (κ3) is 4.83. The predicted octanol–water partition coefficient (Wildman–Crippen LogP) is 3.18. The first-order valence-corrected chi connectivity index (χ1v) is 16.3. The van der Waals surface area contributed by atoms with E-state index in [0.717, 1.165) is 19.4 Å². The summed E-state index contributed by atoms with van der Waals surface area (Å²) in [7, 11) is 3.05. The molecule has 7 rings (SSSR count). The number of nitrogens with zero attached hydrogens (tertiary/aromatic N) is 1.